The summed E-state index contributed by atoms with van der Waals surface area (Å²) in [5, 5.41) is 3.26. The van der Waals surface area contributed by atoms with E-state index in [2.05, 4.69) is 22.3 Å². The Labute approximate surface area is 138 Å². The molecule has 1 amide bonds. The number of ether oxygens (including phenoxy) is 1. The number of nitrogens with one attached hydrogen (secondary N) is 1. The van der Waals surface area contributed by atoms with Crippen molar-refractivity contribution >= 4 is 5.91 Å². The molecule has 0 spiro atoms. The molecule has 23 heavy (non-hydrogen) atoms. The first-order valence-corrected chi connectivity index (χ1v) is 8.98. The van der Waals surface area contributed by atoms with Crippen molar-refractivity contribution in [3.8, 4) is 0 Å². The standard InChI is InChI=1S/C19H26N2O2/c22-19(20-18-12-15-3-6-17(18)11-15)16-4-1-14(2-5-16)13-21-7-9-23-10-8-21/h1-2,4-5,15,17-18H,3,6-13H2,(H,20,22)/t15-,17-,18-/m0/s1. The van der Waals surface area contributed by atoms with Crippen LogP contribution in [-0.2, 0) is 11.3 Å². The van der Waals surface area contributed by atoms with Gasteiger partial charge in [0.15, 0.2) is 0 Å². The van der Waals surface area contributed by atoms with Gasteiger partial charge in [0.05, 0.1) is 13.2 Å². The van der Waals surface area contributed by atoms with Crippen molar-refractivity contribution in [2.24, 2.45) is 11.8 Å². The smallest absolute Gasteiger partial charge is 0.251 e. The largest absolute Gasteiger partial charge is 0.379 e. The van der Waals surface area contributed by atoms with E-state index < -0.39 is 0 Å². The van der Waals surface area contributed by atoms with Gasteiger partial charge in [0.2, 0.25) is 0 Å². The quantitative estimate of drug-likeness (QED) is 0.928. The number of carbonyl (C=O) groups is 1. The molecule has 2 bridgehead atoms. The van der Waals surface area contributed by atoms with Crippen LogP contribution in [0.4, 0.5) is 0 Å². The lowest BCUT2D eigenvalue weighted by atomic mass is 9.95. The molecule has 1 aliphatic heterocycles. The van der Waals surface area contributed by atoms with Gasteiger partial charge in [0, 0.05) is 31.2 Å². The van der Waals surface area contributed by atoms with Crippen LogP contribution in [0.1, 0.15) is 41.6 Å². The molecule has 2 aliphatic carbocycles. The van der Waals surface area contributed by atoms with E-state index in [0.717, 1.165) is 50.2 Å². The second-order valence-electron chi connectivity index (χ2n) is 7.34. The lowest BCUT2D eigenvalue weighted by Crippen LogP contribution is -2.38. The zero-order chi connectivity index (χ0) is 15.6. The normalized spacial score (nSPS) is 30.5. The number of nitrogens with zero attached hydrogens (tertiary/aromatic N) is 1. The van der Waals surface area contributed by atoms with Crippen LogP contribution < -0.4 is 5.32 Å². The van der Waals surface area contributed by atoms with Gasteiger partial charge in [-0.2, -0.15) is 0 Å². The maximum absolute atomic E-state index is 12.4. The molecule has 3 fully saturated rings. The molecule has 0 unspecified atom stereocenters. The topological polar surface area (TPSA) is 41.6 Å². The summed E-state index contributed by atoms with van der Waals surface area (Å²) in [7, 11) is 0. The van der Waals surface area contributed by atoms with Crippen LogP contribution in [-0.4, -0.2) is 43.2 Å². The minimum atomic E-state index is 0.0977. The van der Waals surface area contributed by atoms with Gasteiger partial charge in [-0.3, -0.25) is 9.69 Å². The van der Waals surface area contributed by atoms with Crippen molar-refractivity contribution in [2.75, 3.05) is 26.3 Å². The molecule has 4 nitrogen and oxygen atoms in total. The number of benzene rings is 1. The second-order valence-corrected chi connectivity index (χ2v) is 7.34. The summed E-state index contributed by atoms with van der Waals surface area (Å²) in [6.07, 6.45) is 5.18. The van der Waals surface area contributed by atoms with Gasteiger partial charge < -0.3 is 10.1 Å². The first-order chi connectivity index (χ1) is 11.3. The summed E-state index contributed by atoms with van der Waals surface area (Å²) in [6, 6.07) is 8.53. The number of hydrogen-bond acceptors (Lipinski definition) is 3. The van der Waals surface area contributed by atoms with Gasteiger partial charge in [0.25, 0.3) is 5.91 Å². The Balaban J connectivity index is 1.33. The molecular formula is C19H26N2O2. The van der Waals surface area contributed by atoms with E-state index >= 15 is 0 Å². The fraction of sp³-hybridized carbons (Fsp3) is 0.632. The second kappa shape index (κ2) is 6.62. The van der Waals surface area contributed by atoms with Crippen molar-refractivity contribution < 1.29 is 9.53 Å². The fourth-order valence-corrected chi connectivity index (χ4v) is 4.45. The molecule has 0 radical (unpaired) electrons. The Bertz CT molecular complexity index is 551. The number of morpholine rings is 1. The molecule has 1 aromatic rings. The molecule has 4 heteroatoms. The number of hydrogen-bond donors (Lipinski definition) is 1. The van der Waals surface area contributed by atoms with Gasteiger partial charge in [-0.05, 0) is 48.8 Å². The highest BCUT2D eigenvalue weighted by atomic mass is 16.5. The van der Waals surface area contributed by atoms with E-state index in [1.807, 2.05) is 12.1 Å². The van der Waals surface area contributed by atoms with Crippen molar-refractivity contribution in [1.29, 1.82) is 0 Å². The highest BCUT2D eigenvalue weighted by Crippen LogP contribution is 2.44. The van der Waals surface area contributed by atoms with Gasteiger partial charge in [-0.25, -0.2) is 0 Å². The van der Waals surface area contributed by atoms with Crippen molar-refractivity contribution in [3.05, 3.63) is 35.4 Å². The molecule has 124 valence electrons. The van der Waals surface area contributed by atoms with Crippen molar-refractivity contribution in [1.82, 2.24) is 10.2 Å². The molecule has 4 rings (SSSR count). The van der Waals surface area contributed by atoms with Crippen LogP contribution in [0.2, 0.25) is 0 Å². The summed E-state index contributed by atoms with van der Waals surface area (Å²) in [6.45, 7) is 4.57. The molecule has 2 saturated carbocycles. The van der Waals surface area contributed by atoms with Crippen LogP contribution in [0.15, 0.2) is 24.3 Å². The lowest BCUT2D eigenvalue weighted by molar-refractivity contribution is 0.0342. The SMILES string of the molecule is O=C(N[C@H]1C[C@H]2CC[C@H]1C2)c1ccc(CN2CCOCC2)cc1. The molecule has 1 N–H and O–H groups in total. The zero-order valence-corrected chi connectivity index (χ0v) is 13.7. The Kier molecular flexibility index (Phi) is 4.36. The van der Waals surface area contributed by atoms with Crippen molar-refractivity contribution in [3.63, 3.8) is 0 Å². The van der Waals surface area contributed by atoms with Crippen LogP contribution in [0.5, 0.6) is 0 Å². The van der Waals surface area contributed by atoms with Gasteiger partial charge in [0.1, 0.15) is 0 Å². The third-order valence-corrected chi connectivity index (χ3v) is 5.78. The molecular weight excluding hydrogens is 288 g/mol. The van der Waals surface area contributed by atoms with Gasteiger partial charge in [-0.15, -0.1) is 0 Å². The summed E-state index contributed by atoms with van der Waals surface area (Å²) in [5.41, 5.74) is 2.06. The molecule has 3 aliphatic rings. The summed E-state index contributed by atoms with van der Waals surface area (Å²) in [4.78, 5) is 14.8. The highest BCUT2D eigenvalue weighted by Gasteiger charge is 2.40. The minimum Gasteiger partial charge on any atom is -0.379 e. The molecule has 1 aromatic carbocycles. The zero-order valence-electron chi connectivity index (χ0n) is 13.7. The van der Waals surface area contributed by atoms with E-state index in [0.29, 0.717) is 6.04 Å². The summed E-state index contributed by atoms with van der Waals surface area (Å²) in [5.74, 6) is 1.69. The minimum absolute atomic E-state index is 0.0977. The first kappa shape index (κ1) is 15.2. The third-order valence-electron chi connectivity index (χ3n) is 5.78. The first-order valence-electron chi connectivity index (χ1n) is 8.98. The monoisotopic (exact) mass is 314 g/mol. The maximum atomic E-state index is 12.4. The average molecular weight is 314 g/mol. The third kappa shape index (κ3) is 3.43. The Morgan fingerprint density at radius 3 is 2.57 bits per heavy atom. The predicted molar refractivity (Wildman–Crippen MR) is 89.2 cm³/mol. The number of rotatable bonds is 4. The van der Waals surface area contributed by atoms with E-state index in [1.54, 1.807) is 0 Å². The fourth-order valence-electron chi connectivity index (χ4n) is 4.45. The Morgan fingerprint density at radius 1 is 1.13 bits per heavy atom. The maximum Gasteiger partial charge on any atom is 0.251 e. The van der Waals surface area contributed by atoms with Crippen molar-refractivity contribution in [2.45, 2.75) is 38.3 Å². The van der Waals surface area contributed by atoms with E-state index in [-0.39, 0.29) is 5.91 Å². The van der Waals surface area contributed by atoms with E-state index in [4.69, 9.17) is 4.74 Å². The molecule has 3 atom stereocenters. The van der Waals surface area contributed by atoms with Crippen LogP contribution in [0, 0.1) is 11.8 Å². The number of carbonyl (C=O) groups excluding carboxylic acids is 1. The predicted octanol–water partition coefficient (Wildman–Crippen LogP) is 2.44. The van der Waals surface area contributed by atoms with E-state index in [1.165, 1.54) is 31.2 Å². The Hall–Kier alpha value is -1.39. The average Bonchev–Trinajstić information content (AvgIpc) is 3.19. The van der Waals surface area contributed by atoms with Gasteiger partial charge in [-0.1, -0.05) is 18.6 Å². The number of amides is 1. The van der Waals surface area contributed by atoms with E-state index in [9.17, 15) is 4.79 Å². The summed E-state index contributed by atoms with van der Waals surface area (Å²) >= 11 is 0. The van der Waals surface area contributed by atoms with Gasteiger partial charge >= 0.3 is 0 Å². The van der Waals surface area contributed by atoms with Crippen LogP contribution in [0.3, 0.4) is 0 Å². The Morgan fingerprint density at radius 2 is 1.91 bits per heavy atom. The lowest BCUT2D eigenvalue weighted by Gasteiger charge is -2.26. The molecule has 0 aromatic heterocycles. The van der Waals surface area contributed by atoms with Crippen LogP contribution >= 0.6 is 0 Å². The molecule has 1 heterocycles. The molecule has 1 saturated heterocycles. The number of fused-ring (bicyclic) bond motifs is 2. The highest BCUT2D eigenvalue weighted by molar-refractivity contribution is 5.94. The summed E-state index contributed by atoms with van der Waals surface area (Å²) < 4.78 is 5.38. The van der Waals surface area contributed by atoms with Crippen LogP contribution in [0.25, 0.3) is 0 Å².